The van der Waals surface area contributed by atoms with E-state index < -0.39 is 0 Å². The van der Waals surface area contributed by atoms with E-state index in [0.717, 1.165) is 31.6 Å². The van der Waals surface area contributed by atoms with Crippen LogP contribution in [0.25, 0.3) is 0 Å². The molecule has 6 heteroatoms. The molecule has 0 amide bonds. The second-order valence-corrected chi connectivity index (χ2v) is 5.88. The first-order chi connectivity index (χ1) is 11.1. The smallest absolute Gasteiger partial charge is 0.311 e. The predicted octanol–water partition coefficient (Wildman–Crippen LogP) is 3.38. The van der Waals surface area contributed by atoms with Gasteiger partial charge in [0.15, 0.2) is 0 Å². The summed E-state index contributed by atoms with van der Waals surface area (Å²) in [6.45, 7) is 3.61. The number of nitrogens with zero attached hydrogens (tertiary/aromatic N) is 3. The lowest BCUT2D eigenvalue weighted by Gasteiger charge is -2.33. The van der Waals surface area contributed by atoms with Crippen molar-refractivity contribution >= 4 is 17.2 Å². The van der Waals surface area contributed by atoms with E-state index in [1.54, 1.807) is 12.3 Å². The largest absolute Gasteiger partial charge is 0.382 e. The van der Waals surface area contributed by atoms with Crippen LogP contribution in [0.1, 0.15) is 18.4 Å². The lowest BCUT2D eigenvalue weighted by atomic mass is 10.0. The first kappa shape index (κ1) is 15.3. The number of benzene rings is 1. The number of hydrogen-bond acceptors (Lipinski definition) is 5. The summed E-state index contributed by atoms with van der Waals surface area (Å²) < 4.78 is 0. The molecule has 1 aliphatic rings. The van der Waals surface area contributed by atoms with Gasteiger partial charge in [-0.25, -0.2) is 4.98 Å². The second-order valence-electron chi connectivity index (χ2n) is 5.88. The molecule has 0 unspecified atom stereocenters. The van der Waals surface area contributed by atoms with Gasteiger partial charge in [0, 0.05) is 37.1 Å². The average Bonchev–Trinajstić information content (AvgIpc) is 2.55. The molecule has 2 heterocycles. The molecule has 0 atom stereocenters. The molecule has 120 valence electrons. The SMILES string of the molecule is Cc1cccc(NC2CCN(c3ncccc3[N+](=O)[O-])CC2)c1. The zero-order chi connectivity index (χ0) is 16.2. The molecule has 0 spiro atoms. The van der Waals surface area contributed by atoms with Gasteiger partial charge >= 0.3 is 5.69 Å². The summed E-state index contributed by atoms with van der Waals surface area (Å²) in [4.78, 5) is 17.0. The summed E-state index contributed by atoms with van der Waals surface area (Å²) in [5.41, 5.74) is 2.45. The molecule has 23 heavy (non-hydrogen) atoms. The minimum Gasteiger partial charge on any atom is -0.382 e. The molecule has 1 aromatic carbocycles. The number of aryl methyl sites for hydroxylation is 1. The number of aromatic nitrogens is 1. The minimum absolute atomic E-state index is 0.0811. The van der Waals surface area contributed by atoms with Crippen molar-refractivity contribution < 1.29 is 4.92 Å². The number of nitro groups is 1. The van der Waals surface area contributed by atoms with Gasteiger partial charge in [0.1, 0.15) is 0 Å². The van der Waals surface area contributed by atoms with Crippen LogP contribution in [0.4, 0.5) is 17.2 Å². The van der Waals surface area contributed by atoms with Gasteiger partial charge in [-0.05, 0) is 43.5 Å². The Morgan fingerprint density at radius 1 is 1.26 bits per heavy atom. The van der Waals surface area contributed by atoms with E-state index in [4.69, 9.17) is 0 Å². The third kappa shape index (κ3) is 3.59. The average molecular weight is 312 g/mol. The Hall–Kier alpha value is -2.63. The number of nitrogens with one attached hydrogen (secondary N) is 1. The van der Waals surface area contributed by atoms with Crippen molar-refractivity contribution in [3.05, 3.63) is 58.3 Å². The fourth-order valence-corrected chi connectivity index (χ4v) is 2.98. The molecule has 6 nitrogen and oxygen atoms in total. The van der Waals surface area contributed by atoms with E-state index in [1.807, 2.05) is 11.0 Å². The number of hydrogen-bond donors (Lipinski definition) is 1. The van der Waals surface area contributed by atoms with Crippen LogP contribution in [-0.4, -0.2) is 29.0 Å². The van der Waals surface area contributed by atoms with Crippen molar-refractivity contribution in [1.29, 1.82) is 0 Å². The molecule has 2 aromatic rings. The van der Waals surface area contributed by atoms with Gasteiger partial charge in [0.25, 0.3) is 0 Å². The van der Waals surface area contributed by atoms with Gasteiger partial charge in [-0.3, -0.25) is 10.1 Å². The number of anilines is 2. The molecule has 0 bridgehead atoms. The van der Waals surface area contributed by atoms with E-state index in [0.29, 0.717) is 11.9 Å². The van der Waals surface area contributed by atoms with Crippen LogP contribution >= 0.6 is 0 Å². The Morgan fingerprint density at radius 3 is 2.74 bits per heavy atom. The summed E-state index contributed by atoms with van der Waals surface area (Å²) in [7, 11) is 0. The van der Waals surface area contributed by atoms with Gasteiger partial charge in [0.05, 0.1) is 4.92 Å². The van der Waals surface area contributed by atoms with E-state index in [9.17, 15) is 10.1 Å². The van der Waals surface area contributed by atoms with Crippen molar-refractivity contribution in [3.8, 4) is 0 Å². The summed E-state index contributed by atoms with van der Waals surface area (Å²) in [5.74, 6) is 0.478. The minimum atomic E-state index is -0.362. The zero-order valence-electron chi connectivity index (χ0n) is 13.1. The summed E-state index contributed by atoms with van der Waals surface area (Å²) in [6, 6.07) is 11.8. The normalized spacial score (nSPS) is 15.4. The Labute approximate surface area is 135 Å². The molecular formula is C17H20N4O2. The molecule has 1 N–H and O–H groups in total. The maximum absolute atomic E-state index is 11.1. The van der Waals surface area contributed by atoms with Crippen molar-refractivity contribution in [3.63, 3.8) is 0 Å². The van der Waals surface area contributed by atoms with Crippen molar-refractivity contribution in [1.82, 2.24) is 4.98 Å². The van der Waals surface area contributed by atoms with Crippen molar-refractivity contribution in [2.75, 3.05) is 23.3 Å². The predicted molar refractivity (Wildman–Crippen MR) is 90.9 cm³/mol. The van der Waals surface area contributed by atoms with Crippen LogP contribution in [0.3, 0.4) is 0 Å². The molecule has 1 aliphatic heterocycles. The lowest BCUT2D eigenvalue weighted by molar-refractivity contribution is -0.384. The van der Waals surface area contributed by atoms with E-state index in [1.165, 1.54) is 11.6 Å². The number of piperidine rings is 1. The highest BCUT2D eigenvalue weighted by atomic mass is 16.6. The topological polar surface area (TPSA) is 71.3 Å². The molecule has 1 saturated heterocycles. The quantitative estimate of drug-likeness (QED) is 0.692. The first-order valence-corrected chi connectivity index (χ1v) is 7.81. The molecule has 1 aromatic heterocycles. The van der Waals surface area contributed by atoms with Crippen molar-refractivity contribution in [2.45, 2.75) is 25.8 Å². The Bertz CT molecular complexity index is 696. The fraction of sp³-hybridized carbons (Fsp3) is 0.353. The van der Waals surface area contributed by atoms with E-state index in [-0.39, 0.29) is 10.6 Å². The summed E-state index contributed by atoms with van der Waals surface area (Å²) in [5, 5.41) is 14.7. The molecule has 1 fully saturated rings. The van der Waals surface area contributed by atoms with Gasteiger partial charge in [0.2, 0.25) is 5.82 Å². The standard InChI is InChI=1S/C17H20N4O2/c1-13-4-2-5-15(12-13)19-14-7-10-20(11-8-14)17-16(21(22)23)6-3-9-18-17/h2-6,9,12,14,19H,7-8,10-11H2,1H3. The summed E-state index contributed by atoms with van der Waals surface area (Å²) >= 11 is 0. The van der Waals surface area contributed by atoms with Gasteiger partial charge in [-0.2, -0.15) is 0 Å². The molecule has 0 saturated carbocycles. The molecule has 0 aliphatic carbocycles. The van der Waals surface area contributed by atoms with E-state index in [2.05, 4.69) is 35.4 Å². The Morgan fingerprint density at radius 2 is 2.04 bits per heavy atom. The highest BCUT2D eigenvalue weighted by molar-refractivity contribution is 5.57. The van der Waals surface area contributed by atoms with Gasteiger partial charge in [-0.15, -0.1) is 0 Å². The molecule has 3 rings (SSSR count). The van der Waals surface area contributed by atoms with Crippen LogP contribution in [0, 0.1) is 17.0 Å². The van der Waals surface area contributed by atoms with Gasteiger partial charge < -0.3 is 10.2 Å². The lowest BCUT2D eigenvalue weighted by Crippen LogP contribution is -2.39. The number of rotatable bonds is 4. The maximum atomic E-state index is 11.1. The van der Waals surface area contributed by atoms with Crippen LogP contribution in [-0.2, 0) is 0 Å². The maximum Gasteiger partial charge on any atom is 0.311 e. The second kappa shape index (κ2) is 6.64. The molecular weight excluding hydrogens is 292 g/mol. The third-order valence-electron chi connectivity index (χ3n) is 4.15. The van der Waals surface area contributed by atoms with E-state index >= 15 is 0 Å². The highest BCUT2D eigenvalue weighted by Gasteiger charge is 2.25. The Kier molecular flexibility index (Phi) is 4.41. The third-order valence-corrected chi connectivity index (χ3v) is 4.15. The zero-order valence-corrected chi connectivity index (χ0v) is 13.1. The van der Waals surface area contributed by atoms with Crippen molar-refractivity contribution in [2.24, 2.45) is 0 Å². The van der Waals surface area contributed by atoms with Crippen LogP contribution in [0.5, 0.6) is 0 Å². The summed E-state index contributed by atoms with van der Waals surface area (Å²) in [6.07, 6.45) is 3.47. The van der Waals surface area contributed by atoms with Crippen LogP contribution < -0.4 is 10.2 Å². The number of pyridine rings is 1. The van der Waals surface area contributed by atoms with Gasteiger partial charge in [-0.1, -0.05) is 12.1 Å². The monoisotopic (exact) mass is 312 g/mol. The highest BCUT2D eigenvalue weighted by Crippen LogP contribution is 2.28. The fourth-order valence-electron chi connectivity index (χ4n) is 2.98. The van der Waals surface area contributed by atoms with Crippen LogP contribution in [0.2, 0.25) is 0 Å². The Balaban J connectivity index is 1.64. The first-order valence-electron chi connectivity index (χ1n) is 7.81. The molecule has 0 radical (unpaired) electrons. The van der Waals surface area contributed by atoms with Crippen LogP contribution in [0.15, 0.2) is 42.6 Å².